The van der Waals surface area contributed by atoms with Gasteiger partial charge in [0.25, 0.3) is 5.56 Å². The zero-order valence-corrected chi connectivity index (χ0v) is 18.9. The molecule has 34 heavy (non-hydrogen) atoms. The summed E-state index contributed by atoms with van der Waals surface area (Å²) in [4.78, 5) is 28.6. The maximum Gasteiger partial charge on any atom is 0.335 e. The van der Waals surface area contributed by atoms with Crippen molar-refractivity contribution in [1.29, 1.82) is 0 Å². The number of aliphatic imine (C=N–C) groups is 1. The number of phenols is 1. The van der Waals surface area contributed by atoms with Crippen molar-refractivity contribution in [3.63, 3.8) is 0 Å². The van der Waals surface area contributed by atoms with Crippen molar-refractivity contribution in [1.82, 2.24) is 9.78 Å². The summed E-state index contributed by atoms with van der Waals surface area (Å²) in [5.74, 6) is -0.979. The number of hydrogen-bond acceptors (Lipinski definition) is 4. The van der Waals surface area contributed by atoms with Crippen molar-refractivity contribution >= 4 is 17.9 Å². The molecule has 0 spiro atoms. The Balaban J connectivity index is 1.59. The number of carbonyl (C=O) groups is 1. The van der Waals surface area contributed by atoms with Crippen LogP contribution in [0.5, 0.6) is 5.75 Å². The number of aromatic hydroxyl groups is 1. The lowest BCUT2D eigenvalue weighted by Gasteiger charge is -2.08. The molecule has 4 aromatic rings. The van der Waals surface area contributed by atoms with Gasteiger partial charge in [-0.2, -0.15) is 0 Å². The number of hydrogen-bond donors (Lipinski definition) is 3. The van der Waals surface area contributed by atoms with Crippen LogP contribution in [-0.2, 0) is 12.8 Å². The van der Waals surface area contributed by atoms with Crippen LogP contribution in [0.2, 0.25) is 0 Å². The van der Waals surface area contributed by atoms with Gasteiger partial charge in [-0.25, -0.2) is 9.48 Å². The molecule has 0 bridgehead atoms. The van der Waals surface area contributed by atoms with Gasteiger partial charge in [0, 0.05) is 11.9 Å². The summed E-state index contributed by atoms with van der Waals surface area (Å²) >= 11 is 0. The van der Waals surface area contributed by atoms with Gasteiger partial charge >= 0.3 is 5.97 Å². The van der Waals surface area contributed by atoms with Crippen molar-refractivity contribution in [2.24, 2.45) is 4.99 Å². The second kappa shape index (κ2) is 9.62. The van der Waals surface area contributed by atoms with E-state index in [9.17, 15) is 19.8 Å². The standard InChI is InChI=1S/C27H25N3O4/c1-17-7-3-4-8-19(17)13-14-20-9-6-12-24(25(20)31)28-16-23-18(2)29-30(26(23)32)22-11-5-10-21(15-22)27(33)34/h3-12,15-16,29,31H,13-14H2,1-2H3,(H,33,34). The van der Waals surface area contributed by atoms with Gasteiger partial charge in [-0.3, -0.25) is 14.9 Å². The summed E-state index contributed by atoms with van der Waals surface area (Å²) < 4.78 is 1.28. The topological polar surface area (TPSA) is 108 Å². The van der Waals surface area contributed by atoms with Crippen molar-refractivity contribution in [2.45, 2.75) is 26.7 Å². The average Bonchev–Trinajstić information content (AvgIpc) is 3.11. The number of para-hydroxylation sites is 1. The Hall–Kier alpha value is -4.39. The number of aryl methyl sites for hydroxylation is 4. The Morgan fingerprint density at radius 3 is 2.47 bits per heavy atom. The zero-order chi connectivity index (χ0) is 24.2. The van der Waals surface area contributed by atoms with Crippen molar-refractivity contribution in [2.75, 3.05) is 0 Å². The first kappa shape index (κ1) is 22.8. The Kier molecular flexibility index (Phi) is 6.45. The van der Waals surface area contributed by atoms with Gasteiger partial charge in [-0.05, 0) is 67.6 Å². The van der Waals surface area contributed by atoms with Gasteiger partial charge in [-0.15, -0.1) is 0 Å². The summed E-state index contributed by atoms with van der Waals surface area (Å²) in [7, 11) is 0. The normalized spacial score (nSPS) is 11.2. The van der Waals surface area contributed by atoms with Crippen LogP contribution < -0.4 is 5.56 Å². The van der Waals surface area contributed by atoms with E-state index in [1.807, 2.05) is 24.3 Å². The maximum atomic E-state index is 13.0. The molecule has 0 atom stereocenters. The third kappa shape index (κ3) is 4.68. The van der Waals surface area contributed by atoms with Gasteiger partial charge in [0.15, 0.2) is 0 Å². The van der Waals surface area contributed by atoms with E-state index in [4.69, 9.17) is 0 Å². The fourth-order valence-electron chi connectivity index (χ4n) is 3.85. The highest BCUT2D eigenvalue weighted by molar-refractivity contribution is 5.88. The fourth-order valence-corrected chi connectivity index (χ4v) is 3.85. The van der Waals surface area contributed by atoms with E-state index >= 15 is 0 Å². The number of carboxylic acid groups (broad SMARTS) is 1. The SMILES string of the molecule is Cc1ccccc1CCc1cccc(N=Cc2c(C)[nH]n(-c3cccc(C(=O)O)c3)c2=O)c1O. The molecule has 0 saturated carbocycles. The lowest BCUT2D eigenvalue weighted by molar-refractivity contribution is 0.0697. The van der Waals surface area contributed by atoms with Gasteiger partial charge in [-0.1, -0.05) is 42.5 Å². The molecule has 0 aliphatic heterocycles. The molecule has 1 aromatic heterocycles. The largest absolute Gasteiger partial charge is 0.505 e. The van der Waals surface area contributed by atoms with Crippen LogP contribution >= 0.6 is 0 Å². The monoisotopic (exact) mass is 455 g/mol. The van der Waals surface area contributed by atoms with Crippen LogP contribution in [0.25, 0.3) is 5.69 Å². The number of benzene rings is 3. The number of aromatic amines is 1. The van der Waals surface area contributed by atoms with E-state index in [1.54, 1.807) is 25.1 Å². The molecule has 0 aliphatic carbocycles. The first-order valence-electron chi connectivity index (χ1n) is 10.9. The van der Waals surface area contributed by atoms with Gasteiger partial charge in [0.2, 0.25) is 0 Å². The highest BCUT2D eigenvalue weighted by Gasteiger charge is 2.13. The predicted molar refractivity (Wildman–Crippen MR) is 132 cm³/mol. The third-order valence-electron chi connectivity index (χ3n) is 5.82. The number of nitrogens with zero attached hydrogens (tertiary/aromatic N) is 2. The van der Waals surface area contributed by atoms with E-state index in [0.29, 0.717) is 29.1 Å². The van der Waals surface area contributed by atoms with E-state index < -0.39 is 5.97 Å². The molecule has 172 valence electrons. The fraction of sp³-hybridized carbons (Fsp3) is 0.148. The number of aromatic nitrogens is 2. The van der Waals surface area contributed by atoms with E-state index in [2.05, 4.69) is 29.1 Å². The Bertz CT molecular complexity index is 1450. The molecule has 4 rings (SSSR count). The van der Waals surface area contributed by atoms with Gasteiger partial charge in [0.1, 0.15) is 11.4 Å². The lowest BCUT2D eigenvalue weighted by atomic mass is 10.00. The molecule has 7 heteroatoms. The number of phenolic OH excluding ortho intramolecular Hbond substituents is 1. The van der Waals surface area contributed by atoms with Crippen LogP contribution in [0.1, 0.15) is 38.3 Å². The Morgan fingerprint density at radius 1 is 1.00 bits per heavy atom. The summed E-state index contributed by atoms with van der Waals surface area (Å²) in [6.45, 7) is 3.80. The molecule has 0 aliphatic rings. The highest BCUT2D eigenvalue weighted by Crippen LogP contribution is 2.31. The number of carboxylic acids is 1. The minimum Gasteiger partial charge on any atom is -0.505 e. The predicted octanol–water partition coefficient (Wildman–Crippen LogP) is 4.72. The first-order chi connectivity index (χ1) is 16.3. The minimum absolute atomic E-state index is 0.0827. The summed E-state index contributed by atoms with van der Waals surface area (Å²) in [6, 6.07) is 19.7. The number of rotatable bonds is 7. The molecule has 0 saturated heterocycles. The smallest absolute Gasteiger partial charge is 0.335 e. The molecule has 1 heterocycles. The quantitative estimate of drug-likeness (QED) is 0.350. The summed E-state index contributed by atoms with van der Waals surface area (Å²) in [5, 5.41) is 22.9. The van der Waals surface area contributed by atoms with Gasteiger partial charge in [0.05, 0.1) is 16.8 Å². The second-order valence-corrected chi connectivity index (χ2v) is 8.12. The molecular weight excluding hydrogens is 430 g/mol. The summed E-state index contributed by atoms with van der Waals surface area (Å²) in [6.07, 6.45) is 2.88. The highest BCUT2D eigenvalue weighted by atomic mass is 16.4. The molecule has 3 N–H and O–H groups in total. The molecule has 0 unspecified atom stereocenters. The van der Waals surface area contributed by atoms with Crippen LogP contribution in [0.3, 0.4) is 0 Å². The third-order valence-corrected chi connectivity index (χ3v) is 5.82. The van der Waals surface area contributed by atoms with E-state index in [-0.39, 0.29) is 16.9 Å². The molecule has 0 fully saturated rings. The van der Waals surface area contributed by atoms with Crippen LogP contribution in [0.4, 0.5) is 5.69 Å². The van der Waals surface area contributed by atoms with Crippen molar-refractivity contribution in [3.8, 4) is 11.4 Å². The zero-order valence-electron chi connectivity index (χ0n) is 18.9. The van der Waals surface area contributed by atoms with Crippen molar-refractivity contribution < 1.29 is 15.0 Å². The Morgan fingerprint density at radius 2 is 1.71 bits per heavy atom. The maximum absolute atomic E-state index is 13.0. The molecule has 7 nitrogen and oxygen atoms in total. The van der Waals surface area contributed by atoms with Gasteiger partial charge < -0.3 is 10.2 Å². The molecule has 3 aromatic carbocycles. The second-order valence-electron chi connectivity index (χ2n) is 8.12. The van der Waals surface area contributed by atoms with Crippen molar-refractivity contribution in [3.05, 3.63) is 111 Å². The van der Waals surface area contributed by atoms with E-state index in [1.165, 1.54) is 34.2 Å². The number of H-pyrrole nitrogens is 1. The summed E-state index contributed by atoms with van der Waals surface area (Å²) in [5.41, 5.74) is 4.63. The molecule has 0 radical (unpaired) electrons. The van der Waals surface area contributed by atoms with Crippen LogP contribution in [0.15, 0.2) is 76.5 Å². The molecular formula is C27H25N3O4. The molecule has 0 amide bonds. The first-order valence-corrected chi connectivity index (χ1v) is 10.9. The Labute approximate surface area is 196 Å². The minimum atomic E-state index is -1.07. The average molecular weight is 456 g/mol. The number of aromatic carboxylic acids is 1. The van der Waals surface area contributed by atoms with E-state index in [0.717, 1.165) is 12.0 Å². The number of nitrogens with one attached hydrogen (secondary N) is 1. The van der Waals surface area contributed by atoms with Crippen LogP contribution in [-0.4, -0.2) is 32.2 Å². The van der Waals surface area contributed by atoms with Crippen LogP contribution in [0, 0.1) is 13.8 Å². The lowest BCUT2D eigenvalue weighted by Crippen LogP contribution is -2.17.